The lowest BCUT2D eigenvalue weighted by Crippen LogP contribution is -2.24. The number of thiazole rings is 1. The molecule has 0 atom stereocenters. The predicted molar refractivity (Wildman–Crippen MR) is 120 cm³/mol. The molecule has 2 amide bonds. The molecule has 1 aliphatic heterocycles. The van der Waals surface area contributed by atoms with Crippen molar-refractivity contribution < 1.29 is 19.1 Å². The third kappa shape index (κ3) is 4.86. The molecule has 0 radical (unpaired) electrons. The first kappa shape index (κ1) is 20.9. The van der Waals surface area contributed by atoms with E-state index in [1.165, 1.54) is 0 Å². The minimum Gasteiger partial charge on any atom is -0.494 e. The van der Waals surface area contributed by atoms with Crippen LogP contribution in [0.3, 0.4) is 0 Å². The minimum atomic E-state index is -0.262. The lowest BCUT2D eigenvalue weighted by Gasteiger charge is -2.19. The summed E-state index contributed by atoms with van der Waals surface area (Å²) in [6.07, 6.45) is 1.38. The Morgan fingerprint density at radius 3 is 2.84 bits per heavy atom. The summed E-state index contributed by atoms with van der Waals surface area (Å²) >= 11 is 1.57. The largest absolute Gasteiger partial charge is 0.494 e. The maximum Gasteiger partial charge on any atom is 0.255 e. The molecule has 0 unspecified atom stereocenters. The molecule has 0 spiro atoms. The summed E-state index contributed by atoms with van der Waals surface area (Å²) in [6.45, 7) is 2.97. The Bertz CT molecular complexity index is 1110. The molecule has 2 heterocycles. The van der Waals surface area contributed by atoms with Gasteiger partial charge < -0.3 is 19.7 Å². The Balaban J connectivity index is 1.44. The van der Waals surface area contributed by atoms with E-state index in [1.54, 1.807) is 65.8 Å². The van der Waals surface area contributed by atoms with Gasteiger partial charge in [0, 0.05) is 35.7 Å². The summed E-state index contributed by atoms with van der Waals surface area (Å²) in [7, 11) is 1.55. The number of amides is 2. The second-order valence-electron chi connectivity index (χ2n) is 7.16. The quantitative estimate of drug-likeness (QED) is 0.592. The summed E-state index contributed by atoms with van der Waals surface area (Å²) in [6, 6.07) is 12.3. The number of carbonyl (C=O) groups is 2. The average molecular weight is 438 g/mol. The second kappa shape index (κ2) is 9.18. The maximum absolute atomic E-state index is 12.8. The molecule has 1 N–H and O–H groups in total. The highest BCUT2D eigenvalue weighted by Crippen LogP contribution is 2.34. The van der Waals surface area contributed by atoms with E-state index >= 15 is 0 Å². The van der Waals surface area contributed by atoms with Crippen LogP contribution in [0, 0.1) is 6.92 Å². The molecule has 31 heavy (non-hydrogen) atoms. The van der Waals surface area contributed by atoms with Crippen molar-refractivity contribution in [1.29, 1.82) is 0 Å². The van der Waals surface area contributed by atoms with E-state index in [1.807, 2.05) is 12.3 Å². The van der Waals surface area contributed by atoms with Crippen LogP contribution in [0.15, 0.2) is 47.8 Å². The number of hydrogen-bond acceptors (Lipinski definition) is 6. The fourth-order valence-electron chi connectivity index (χ4n) is 3.44. The molecule has 2 aromatic carbocycles. The fourth-order valence-corrected chi connectivity index (χ4v) is 4.04. The summed E-state index contributed by atoms with van der Waals surface area (Å²) in [5, 5.41) is 5.82. The van der Waals surface area contributed by atoms with E-state index in [0.717, 1.165) is 22.8 Å². The van der Waals surface area contributed by atoms with Crippen molar-refractivity contribution in [3.8, 4) is 11.5 Å². The summed E-state index contributed by atoms with van der Waals surface area (Å²) in [4.78, 5) is 30.9. The second-order valence-corrected chi connectivity index (χ2v) is 8.23. The molecular weight excluding hydrogens is 414 g/mol. The molecular formula is C23H23N3O4S. The highest BCUT2D eigenvalue weighted by Gasteiger charge is 2.24. The van der Waals surface area contributed by atoms with Crippen molar-refractivity contribution in [1.82, 2.24) is 4.98 Å². The van der Waals surface area contributed by atoms with Crippen molar-refractivity contribution >= 4 is 34.5 Å². The van der Waals surface area contributed by atoms with E-state index in [2.05, 4.69) is 10.3 Å². The molecule has 7 nitrogen and oxygen atoms in total. The number of nitrogens with one attached hydrogen (secondary N) is 1. The maximum atomic E-state index is 12.8. The molecule has 4 rings (SSSR count). The third-order valence-electron chi connectivity index (χ3n) is 4.95. The van der Waals surface area contributed by atoms with Gasteiger partial charge in [0.15, 0.2) is 0 Å². The Morgan fingerprint density at radius 2 is 2.13 bits per heavy atom. The van der Waals surface area contributed by atoms with Gasteiger partial charge in [0.05, 0.1) is 23.5 Å². The zero-order valence-corrected chi connectivity index (χ0v) is 18.2. The summed E-state index contributed by atoms with van der Waals surface area (Å²) in [5.74, 6) is 0.962. The Hall–Kier alpha value is -3.39. The molecule has 3 aromatic rings. The van der Waals surface area contributed by atoms with Gasteiger partial charge in [-0.2, -0.15) is 0 Å². The molecule has 1 aromatic heterocycles. The van der Waals surface area contributed by atoms with Crippen molar-refractivity contribution in [3.63, 3.8) is 0 Å². The van der Waals surface area contributed by atoms with Crippen LogP contribution in [0.5, 0.6) is 11.5 Å². The van der Waals surface area contributed by atoms with Crippen molar-refractivity contribution in [2.45, 2.75) is 26.4 Å². The van der Waals surface area contributed by atoms with Crippen LogP contribution in [0.25, 0.3) is 0 Å². The monoisotopic (exact) mass is 437 g/mol. The third-order valence-corrected chi connectivity index (χ3v) is 5.77. The Morgan fingerprint density at radius 1 is 1.26 bits per heavy atom. The number of aromatic nitrogens is 1. The average Bonchev–Trinajstić information content (AvgIpc) is 3.40. The zero-order valence-electron chi connectivity index (χ0n) is 17.4. The minimum absolute atomic E-state index is 0.0831. The highest BCUT2D eigenvalue weighted by atomic mass is 32.1. The lowest BCUT2D eigenvalue weighted by atomic mass is 10.2. The Kier molecular flexibility index (Phi) is 6.18. The molecule has 8 heteroatoms. The van der Waals surface area contributed by atoms with Gasteiger partial charge in [-0.25, -0.2) is 4.98 Å². The molecule has 1 fully saturated rings. The molecule has 160 valence electrons. The number of nitrogens with zero attached hydrogens (tertiary/aromatic N) is 2. The van der Waals surface area contributed by atoms with Crippen LogP contribution in [0.2, 0.25) is 0 Å². The van der Waals surface area contributed by atoms with Crippen LogP contribution in [-0.4, -0.2) is 30.5 Å². The van der Waals surface area contributed by atoms with E-state index < -0.39 is 0 Å². The van der Waals surface area contributed by atoms with Crippen molar-refractivity contribution in [2.24, 2.45) is 0 Å². The topological polar surface area (TPSA) is 80.8 Å². The summed E-state index contributed by atoms with van der Waals surface area (Å²) < 4.78 is 11.2. The smallest absolute Gasteiger partial charge is 0.255 e. The number of methoxy groups -OCH3 is 1. The van der Waals surface area contributed by atoms with Gasteiger partial charge in [0.1, 0.15) is 18.1 Å². The van der Waals surface area contributed by atoms with Crippen LogP contribution in [0.1, 0.15) is 33.9 Å². The number of anilines is 2. The van der Waals surface area contributed by atoms with Gasteiger partial charge in [0.25, 0.3) is 5.91 Å². The van der Waals surface area contributed by atoms with Gasteiger partial charge in [-0.3, -0.25) is 9.59 Å². The van der Waals surface area contributed by atoms with Gasteiger partial charge in [-0.05, 0) is 43.7 Å². The molecule has 0 aliphatic carbocycles. The first-order chi connectivity index (χ1) is 15.0. The number of carbonyl (C=O) groups excluding carboxylic acids is 2. The van der Waals surface area contributed by atoms with Crippen LogP contribution < -0.4 is 19.7 Å². The van der Waals surface area contributed by atoms with Crippen LogP contribution in [-0.2, 0) is 11.4 Å². The van der Waals surface area contributed by atoms with Crippen LogP contribution >= 0.6 is 11.3 Å². The van der Waals surface area contributed by atoms with E-state index in [4.69, 9.17) is 9.47 Å². The fraction of sp³-hybridized carbons (Fsp3) is 0.261. The number of aryl methyl sites for hydroxylation is 1. The van der Waals surface area contributed by atoms with Crippen molar-refractivity contribution in [3.05, 3.63) is 64.1 Å². The Labute approximate surface area is 184 Å². The zero-order chi connectivity index (χ0) is 21.8. The first-order valence-electron chi connectivity index (χ1n) is 9.97. The normalized spacial score (nSPS) is 13.4. The van der Waals surface area contributed by atoms with Gasteiger partial charge in [-0.15, -0.1) is 11.3 Å². The number of rotatable bonds is 7. The number of benzene rings is 2. The lowest BCUT2D eigenvalue weighted by molar-refractivity contribution is -0.117. The first-order valence-corrected chi connectivity index (χ1v) is 10.8. The van der Waals surface area contributed by atoms with Crippen LogP contribution in [0.4, 0.5) is 11.4 Å². The molecule has 1 saturated heterocycles. The van der Waals surface area contributed by atoms with Gasteiger partial charge in [-0.1, -0.05) is 6.07 Å². The highest BCUT2D eigenvalue weighted by molar-refractivity contribution is 7.09. The predicted octanol–water partition coefficient (Wildman–Crippen LogP) is 4.42. The standard InChI is InChI=1S/C23H23N3O4S/c1-15-24-18(14-31-15)13-30-19-6-3-5-16(11-19)23(28)25-17-8-9-20(21(12-17)29-2)26-10-4-7-22(26)27/h3,5-6,8-9,11-12,14H,4,7,10,13H2,1-2H3,(H,25,28). The number of ether oxygens (including phenoxy) is 2. The van der Waals surface area contributed by atoms with E-state index in [0.29, 0.717) is 42.3 Å². The van der Waals surface area contributed by atoms with E-state index in [9.17, 15) is 9.59 Å². The molecule has 1 aliphatic rings. The molecule has 0 bridgehead atoms. The SMILES string of the molecule is COc1cc(NC(=O)c2cccc(OCc3csc(C)n3)c2)ccc1N1CCCC1=O. The number of hydrogen-bond donors (Lipinski definition) is 1. The summed E-state index contributed by atoms with van der Waals surface area (Å²) in [5.41, 5.74) is 2.64. The van der Waals surface area contributed by atoms with Gasteiger partial charge >= 0.3 is 0 Å². The van der Waals surface area contributed by atoms with Crippen molar-refractivity contribution in [2.75, 3.05) is 23.9 Å². The molecule has 0 saturated carbocycles. The van der Waals surface area contributed by atoms with Gasteiger partial charge in [0.2, 0.25) is 5.91 Å². The van der Waals surface area contributed by atoms with E-state index in [-0.39, 0.29) is 11.8 Å².